The van der Waals surface area contributed by atoms with E-state index in [9.17, 15) is 9.59 Å². The maximum Gasteiger partial charge on any atom is 0.256 e. The summed E-state index contributed by atoms with van der Waals surface area (Å²) in [5.41, 5.74) is 1.02. The Morgan fingerprint density at radius 3 is 3.00 bits per heavy atom. The number of anilines is 1. The van der Waals surface area contributed by atoms with Gasteiger partial charge in [-0.2, -0.15) is 0 Å². The van der Waals surface area contributed by atoms with E-state index < -0.39 is 0 Å². The predicted octanol–water partition coefficient (Wildman–Crippen LogP) is 2.30. The number of rotatable bonds is 4. The lowest BCUT2D eigenvalue weighted by atomic mass is 10.1. The average Bonchev–Trinajstić information content (AvgIpc) is 2.60. The zero-order chi connectivity index (χ0) is 16.2. The number of carbonyl (C=O) groups excluding carboxylic acids is 1. The second-order valence-electron chi connectivity index (χ2n) is 5.68. The molecule has 0 unspecified atom stereocenters. The molecular formula is C17H20N4O2. The number of amides is 1. The van der Waals surface area contributed by atoms with Gasteiger partial charge in [0.1, 0.15) is 11.5 Å². The van der Waals surface area contributed by atoms with E-state index in [-0.39, 0.29) is 11.5 Å². The van der Waals surface area contributed by atoms with Crippen LogP contribution in [0.5, 0.6) is 0 Å². The van der Waals surface area contributed by atoms with Crippen LogP contribution in [0.2, 0.25) is 0 Å². The zero-order valence-corrected chi connectivity index (χ0v) is 13.2. The van der Waals surface area contributed by atoms with E-state index in [1.807, 2.05) is 6.07 Å². The van der Waals surface area contributed by atoms with Gasteiger partial charge in [0, 0.05) is 19.2 Å². The molecule has 1 aliphatic rings. The molecule has 0 saturated heterocycles. The molecule has 0 atom stereocenters. The Kier molecular flexibility index (Phi) is 4.50. The molecule has 0 bridgehead atoms. The first-order chi connectivity index (χ1) is 11.2. The minimum Gasteiger partial charge on any atom is -0.305 e. The Hall–Kier alpha value is -2.50. The molecule has 6 heteroatoms. The van der Waals surface area contributed by atoms with Crippen LogP contribution in [0.15, 0.2) is 29.2 Å². The van der Waals surface area contributed by atoms with Crippen molar-refractivity contribution in [2.45, 2.75) is 39.0 Å². The van der Waals surface area contributed by atoms with Crippen LogP contribution in [0.4, 0.5) is 5.82 Å². The van der Waals surface area contributed by atoms with Crippen LogP contribution in [0.1, 0.15) is 38.2 Å². The molecule has 0 spiro atoms. The van der Waals surface area contributed by atoms with Crippen LogP contribution in [0, 0.1) is 0 Å². The van der Waals surface area contributed by atoms with Crippen molar-refractivity contribution in [2.24, 2.45) is 0 Å². The minimum atomic E-state index is -0.177. The highest BCUT2D eigenvalue weighted by molar-refractivity contribution is 5.93. The molecule has 1 aliphatic heterocycles. The van der Waals surface area contributed by atoms with Crippen molar-refractivity contribution in [3.05, 3.63) is 40.3 Å². The number of hydrogen-bond donors (Lipinski definition) is 1. The molecule has 1 amide bonds. The second kappa shape index (κ2) is 6.73. The predicted molar refractivity (Wildman–Crippen MR) is 88.3 cm³/mol. The number of aromatic nitrogens is 3. The first-order valence-corrected chi connectivity index (χ1v) is 8.05. The number of fused-ring (bicyclic) bond motifs is 1. The van der Waals surface area contributed by atoms with Gasteiger partial charge in [-0.05, 0) is 31.4 Å². The highest BCUT2D eigenvalue weighted by Gasteiger charge is 2.26. The smallest absolute Gasteiger partial charge is 0.256 e. The topological polar surface area (TPSA) is 79.0 Å². The molecule has 0 saturated carbocycles. The van der Waals surface area contributed by atoms with Crippen molar-refractivity contribution in [1.82, 2.24) is 15.0 Å². The van der Waals surface area contributed by atoms with Gasteiger partial charge in [0.15, 0.2) is 5.82 Å². The van der Waals surface area contributed by atoms with Crippen molar-refractivity contribution in [3.63, 3.8) is 0 Å². The molecule has 2 aromatic rings. The molecule has 1 N–H and O–H groups in total. The van der Waals surface area contributed by atoms with Crippen molar-refractivity contribution in [3.8, 4) is 11.5 Å². The van der Waals surface area contributed by atoms with Crippen LogP contribution < -0.4 is 10.5 Å². The molecule has 2 aromatic heterocycles. The largest absolute Gasteiger partial charge is 0.305 e. The van der Waals surface area contributed by atoms with Gasteiger partial charge in [0.05, 0.1) is 5.56 Å². The summed E-state index contributed by atoms with van der Waals surface area (Å²) < 4.78 is 0. The maximum atomic E-state index is 12.4. The molecule has 3 rings (SSSR count). The number of nitrogens with one attached hydrogen (secondary N) is 1. The first kappa shape index (κ1) is 15.4. The number of carbonyl (C=O) groups is 1. The normalized spacial score (nSPS) is 13.7. The SMILES string of the molecule is CCCCC(=O)N1CCCc2c1nc(-c1ccccn1)[nH]c2=O. The van der Waals surface area contributed by atoms with Gasteiger partial charge in [-0.1, -0.05) is 19.4 Å². The number of nitrogens with zero attached hydrogens (tertiary/aromatic N) is 3. The Balaban J connectivity index is 2.02. The van der Waals surface area contributed by atoms with Crippen LogP contribution in [0.25, 0.3) is 11.5 Å². The van der Waals surface area contributed by atoms with E-state index in [1.54, 1.807) is 23.2 Å². The van der Waals surface area contributed by atoms with E-state index in [0.29, 0.717) is 42.3 Å². The fourth-order valence-electron chi connectivity index (χ4n) is 2.78. The minimum absolute atomic E-state index is 0.0397. The molecule has 0 fully saturated rings. The molecule has 0 radical (unpaired) electrons. The van der Waals surface area contributed by atoms with Gasteiger partial charge in [-0.25, -0.2) is 4.98 Å². The third-order valence-electron chi connectivity index (χ3n) is 4.01. The highest BCUT2D eigenvalue weighted by atomic mass is 16.2. The Morgan fingerprint density at radius 2 is 2.26 bits per heavy atom. The standard InChI is InChI=1S/C17H20N4O2/c1-2-3-9-14(22)21-11-6-7-12-16(21)19-15(20-17(12)23)13-8-4-5-10-18-13/h4-5,8,10H,2-3,6-7,9,11H2,1H3,(H,19,20,23). The van der Waals surface area contributed by atoms with Gasteiger partial charge in [0.25, 0.3) is 5.56 Å². The molecule has 3 heterocycles. The lowest BCUT2D eigenvalue weighted by Crippen LogP contribution is -2.38. The van der Waals surface area contributed by atoms with Crippen molar-refractivity contribution in [1.29, 1.82) is 0 Å². The molecule has 0 aromatic carbocycles. The van der Waals surface area contributed by atoms with Gasteiger partial charge in [-0.3, -0.25) is 19.5 Å². The fourth-order valence-corrected chi connectivity index (χ4v) is 2.78. The van der Waals surface area contributed by atoms with E-state index >= 15 is 0 Å². The van der Waals surface area contributed by atoms with Crippen molar-refractivity contribution >= 4 is 11.7 Å². The average molecular weight is 312 g/mol. The number of unbranched alkanes of at least 4 members (excludes halogenated alkanes) is 1. The van der Waals surface area contributed by atoms with Crippen LogP contribution in [-0.4, -0.2) is 27.4 Å². The highest BCUT2D eigenvalue weighted by Crippen LogP contribution is 2.25. The fraction of sp³-hybridized carbons (Fsp3) is 0.412. The quantitative estimate of drug-likeness (QED) is 0.939. The molecule has 120 valence electrons. The number of pyridine rings is 1. The summed E-state index contributed by atoms with van der Waals surface area (Å²) in [6.07, 6.45) is 5.40. The molecule has 23 heavy (non-hydrogen) atoms. The van der Waals surface area contributed by atoms with Crippen molar-refractivity contribution in [2.75, 3.05) is 11.4 Å². The number of H-pyrrole nitrogens is 1. The lowest BCUT2D eigenvalue weighted by Gasteiger charge is -2.28. The summed E-state index contributed by atoms with van der Waals surface area (Å²) >= 11 is 0. The number of aromatic amines is 1. The van der Waals surface area contributed by atoms with Gasteiger partial charge < -0.3 is 4.98 Å². The Labute approximate surface area is 134 Å². The second-order valence-corrected chi connectivity index (χ2v) is 5.68. The third kappa shape index (κ3) is 3.16. The first-order valence-electron chi connectivity index (χ1n) is 8.05. The van der Waals surface area contributed by atoms with E-state index in [2.05, 4.69) is 21.9 Å². The Bertz CT molecular complexity index is 755. The monoisotopic (exact) mass is 312 g/mol. The summed E-state index contributed by atoms with van der Waals surface area (Å²) in [4.78, 5) is 38.0. The van der Waals surface area contributed by atoms with E-state index in [1.165, 1.54) is 0 Å². The van der Waals surface area contributed by atoms with E-state index in [4.69, 9.17) is 0 Å². The van der Waals surface area contributed by atoms with Crippen LogP contribution >= 0.6 is 0 Å². The van der Waals surface area contributed by atoms with Gasteiger partial charge in [-0.15, -0.1) is 0 Å². The van der Waals surface area contributed by atoms with Crippen LogP contribution in [-0.2, 0) is 11.2 Å². The lowest BCUT2D eigenvalue weighted by molar-refractivity contribution is -0.118. The number of hydrogen-bond acceptors (Lipinski definition) is 4. The van der Waals surface area contributed by atoms with Gasteiger partial charge in [0.2, 0.25) is 5.91 Å². The van der Waals surface area contributed by atoms with E-state index in [0.717, 1.165) is 19.3 Å². The maximum absolute atomic E-state index is 12.4. The summed E-state index contributed by atoms with van der Waals surface area (Å²) in [5.74, 6) is 0.948. The third-order valence-corrected chi connectivity index (χ3v) is 4.01. The zero-order valence-electron chi connectivity index (χ0n) is 13.2. The van der Waals surface area contributed by atoms with Gasteiger partial charge >= 0.3 is 0 Å². The molecular weight excluding hydrogens is 292 g/mol. The summed E-state index contributed by atoms with van der Waals surface area (Å²) in [5, 5.41) is 0. The summed E-state index contributed by atoms with van der Waals surface area (Å²) in [7, 11) is 0. The molecule has 6 nitrogen and oxygen atoms in total. The summed E-state index contributed by atoms with van der Waals surface area (Å²) in [6, 6.07) is 5.43. The van der Waals surface area contributed by atoms with Crippen molar-refractivity contribution < 1.29 is 4.79 Å². The molecule has 0 aliphatic carbocycles. The Morgan fingerprint density at radius 1 is 1.39 bits per heavy atom. The van der Waals surface area contributed by atoms with Crippen LogP contribution in [0.3, 0.4) is 0 Å². The summed E-state index contributed by atoms with van der Waals surface area (Å²) in [6.45, 7) is 2.67.